The second-order valence-corrected chi connectivity index (χ2v) is 4.54. The van der Waals surface area contributed by atoms with Gasteiger partial charge in [0.05, 0.1) is 6.61 Å². The van der Waals surface area contributed by atoms with Crippen LogP contribution in [0.3, 0.4) is 0 Å². The molecule has 1 atom stereocenters. The molecule has 1 heterocycles. The van der Waals surface area contributed by atoms with Gasteiger partial charge in [-0.25, -0.2) is 0 Å². The van der Waals surface area contributed by atoms with Crippen LogP contribution in [0.1, 0.15) is 24.0 Å². The highest BCUT2D eigenvalue weighted by atomic mass is 79.9. The minimum absolute atomic E-state index is 0.305. The van der Waals surface area contributed by atoms with E-state index in [2.05, 4.69) is 22.9 Å². The first-order valence-electron chi connectivity index (χ1n) is 4.96. The lowest BCUT2D eigenvalue weighted by Gasteiger charge is -2.24. The molecule has 1 aliphatic heterocycles. The molecule has 0 aliphatic carbocycles. The van der Waals surface area contributed by atoms with E-state index >= 15 is 0 Å². The summed E-state index contributed by atoms with van der Waals surface area (Å²) in [7, 11) is 0. The van der Waals surface area contributed by atoms with Crippen LogP contribution in [0.4, 0.5) is 0 Å². The van der Waals surface area contributed by atoms with Gasteiger partial charge < -0.3 is 15.2 Å². The molecule has 0 saturated carbocycles. The Morgan fingerprint density at radius 3 is 3.07 bits per heavy atom. The maximum atomic E-state index is 5.70. The topological polar surface area (TPSA) is 44.5 Å². The lowest BCUT2D eigenvalue weighted by atomic mass is 9.95. The lowest BCUT2D eigenvalue weighted by Crippen LogP contribution is -2.17. The molecule has 2 rings (SSSR count). The zero-order valence-electron chi connectivity index (χ0n) is 8.63. The summed E-state index contributed by atoms with van der Waals surface area (Å²) in [4.78, 5) is 0. The largest absolute Gasteiger partial charge is 0.467 e. The van der Waals surface area contributed by atoms with Crippen LogP contribution < -0.4 is 10.5 Å². The third-order valence-corrected chi connectivity index (χ3v) is 3.34. The summed E-state index contributed by atoms with van der Waals surface area (Å²) in [6.07, 6.45) is 0. The van der Waals surface area contributed by atoms with Gasteiger partial charge in [0.1, 0.15) is 5.75 Å². The Morgan fingerprint density at radius 2 is 2.33 bits per heavy atom. The molecule has 82 valence electrons. The van der Waals surface area contributed by atoms with Crippen molar-refractivity contribution in [2.75, 3.05) is 13.3 Å². The number of benzene rings is 1. The quantitative estimate of drug-likeness (QED) is 0.899. The van der Waals surface area contributed by atoms with Crippen molar-refractivity contribution in [3.8, 4) is 5.75 Å². The molecule has 0 aromatic heterocycles. The van der Waals surface area contributed by atoms with E-state index in [1.54, 1.807) is 0 Å². The monoisotopic (exact) mass is 271 g/mol. The molecule has 1 aliphatic rings. The van der Waals surface area contributed by atoms with Crippen LogP contribution in [0.2, 0.25) is 0 Å². The molecule has 4 heteroatoms. The fourth-order valence-corrected chi connectivity index (χ4v) is 2.56. The fourth-order valence-electron chi connectivity index (χ4n) is 1.80. The molecule has 3 nitrogen and oxygen atoms in total. The van der Waals surface area contributed by atoms with Crippen LogP contribution >= 0.6 is 15.9 Å². The van der Waals surface area contributed by atoms with Crippen LogP contribution in [-0.2, 0) is 11.3 Å². The van der Waals surface area contributed by atoms with Crippen LogP contribution in [0.15, 0.2) is 16.6 Å². The molecule has 0 radical (unpaired) electrons. The molecule has 0 saturated heterocycles. The van der Waals surface area contributed by atoms with Crippen molar-refractivity contribution in [2.24, 2.45) is 5.73 Å². The average Bonchev–Trinajstić information content (AvgIpc) is 2.28. The Morgan fingerprint density at radius 1 is 1.53 bits per heavy atom. The summed E-state index contributed by atoms with van der Waals surface area (Å²) < 4.78 is 11.8. The number of fused-ring (bicyclic) bond motifs is 1. The predicted molar refractivity (Wildman–Crippen MR) is 61.9 cm³/mol. The zero-order valence-corrected chi connectivity index (χ0v) is 10.2. The lowest BCUT2D eigenvalue weighted by molar-refractivity contribution is -0.0170. The molecule has 0 fully saturated rings. The van der Waals surface area contributed by atoms with Gasteiger partial charge in [-0.1, -0.05) is 22.9 Å². The van der Waals surface area contributed by atoms with Crippen LogP contribution in [0.5, 0.6) is 5.75 Å². The molecule has 0 bridgehead atoms. The number of hydrogen-bond donors (Lipinski definition) is 1. The second kappa shape index (κ2) is 4.51. The third-order valence-electron chi connectivity index (χ3n) is 2.65. The van der Waals surface area contributed by atoms with Crippen LogP contribution in [0, 0.1) is 0 Å². The van der Waals surface area contributed by atoms with Crippen molar-refractivity contribution >= 4 is 15.9 Å². The van der Waals surface area contributed by atoms with Gasteiger partial charge in [-0.3, -0.25) is 0 Å². The van der Waals surface area contributed by atoms with E-state index in [0.29, 0.717) is 25.9 Å². The Kier molecular flexibility index (Phi) is 3.29. The van der Waals surface area contributed by atoms with Gasteiger partial charge in [0.15, 0.2) is 6.79 Å². The van der Waals surface area contributed by atoms with Crippen LogP contribution in [-0.4, -0.2) is 13.3 Å². The summed E-state index contributed by atoms with van der Waals surface area (Å²) >= 11 is 3.55. The van der Waals surface area contributed by atoms with E-state index in [-0.39, 0.29) is 0 Å². The number of ether oxygens (including phenoxy) is 2. The summed E-state index contributed by atoms with van der Waals surface area (Å²) in [6, 6.07) is 3.97. The molecule has 1 aromatic rings. The highest BCUT2D eigenvalue weighted by Gasteiger charge is 2.20. The van der Waals surface area contributed by atoms with E-state index in [0.717, 1.165) is 15.8 Å². The normalized spacial score (nSPS) is 16.7. The Hall–Kier alpha value is -0.580. The first kappa shape index (κ1) is 10.9. The smallest absolute Gasteiger partial charge is 0.189 e. The predicted octanol–water partition coefficient (Wildman–Crippen LogP) is 2.38. The molecule has 0 spiro atoms. The minimum atomic E-state index is 0.305. The number of hydrogen-bond acceptors (Lipinski definition) is 3. The van der Waals surface area contributed by atoms with Gasteiger partial charge >= 0.3 is 0 Å². The fraction of sp³-hybridized carbons (Fsp3) is 0.455. The number of nitrogens with two attached hydrogens (primary N) is 1. The number of rotatable bonds is 2. The molecule has 2 N–H and O–H groups in total. The molecular formula is C11H14BrNO2. The molecule has 0 amide bonds. The summed E-state index contributed by atoms with van der Waals surface area (Å²) in [5, 5.41) is 0. The van der Waals surface area contributed by atoms with Crippen molar-refractivity contribution in [2.45, 2.75) is 19.4 Å². The highest BCUT2D eigenvalue weighted by molar-refractivity contribution is 9.10. The van der Waals surface area contributed by atoms with E-state index in [1.807, 2.05) is 12.1 Å². The van der Waals surface area contributed by atoms with Gasteiger partial charge in [0.2, 0.25) is 0 Å². The maximum Gasteiger partial charge on any atom is 0.189 e. The first-order chi connectivity index (χ1) is 7.24. The number of halogens is 1. The third kappa shape index (κ3) is 2.02. The van der Waals surface area contributed by atoms with E-state index < -0.39 is 0 Å². The van der Waals surface area contributed by atoms with Crippen molar-refractivity contribution < 1.29 is 9.47 Å². The first-order valence-corrected chi connectivity index (χ1v) is 5.75. The van der Waals surface area contributed by atoms with Gasteiger partial charge in [0, 0.05) is 10.0 Å². The summed E-state index contributed by atoms with van der Waals surface area (Å²) in [5.41, 5.74) is 8.03. The summed E-state index contributed by atoms with van der Waals surface area (Å²) in [5.74, 6) is 1.22. The van der Waals surface area contributed by atoms with Crippen molar-refractivity contribution in [1.29, 1.82) is 0 Å². The van der Waals surface area contributed by atoms with Crippen molar-refractivity contribution in [3.05, 3.63) is 27.7 Å². The van der Waals surface area contributed by atoms with Gasteiger partial charge in [-0.05, 0) is 30.2 Å². The van der Waals surface area contributed by atoms with Gasteiger partial charge in [0.25, 0.3) is 0 Å². The second-order valence-electron chi connectivity index (χ2n) is 3.69. The Labute approximate surface area is 97.7 Å². The van der Waals surface area contributed by atoms with Crippen LogP contribution in [0.25, 0.3) is 0 Å². The van der Waals surface area contributed by atoms with Gasteiger partial charge in [-0.2, -0.15) is 0 Å². The van der Waals surface area contributed by atoms with E-state index in [1.165, 1.54) is 5.56 Å². The van der Waals surface area contributed by atoms with E-state index in [4.69, 9.17) is 15.2 Å². The highest BCUT2D eigenvalue weighted by Crippen LogP contribution is 2.36. The Balaban J connectivity index is 2.50. The SMILES string of the molecule is CC(CN)c1c(Br)ccc2c1COCO2. The summed E-state index contributed by atoms with van der Waals surface area (Å²) in [6.45, 7) is 3.67. The van der Waals surface area contributed by atoms with E-state index in [9.17, 15) is 0 Å². The van der Waals surface area contributed by atoms with Crippen molar-refractivity contribution in [3.63, 3.8) is 0 Å². The molecule has 1 aromatic carbocycles. The van der Waals surface area contributed by atoms with Crippen molar-refractivity contribution in [1.82, 2.24) is 0 Å². The minimum Gasteiger partial charge on any atom is -0.467 e. The maximum absolute atomic E-state index is 5.70. The Bertz CT molecular complexity index is 368. The standard InChI is InChI=1S/C11H14BrNO2/c1-7(4-13)11-8-5-14-6-15-10(8)3-2-9(11)12/h2-3,7H,4-6,13H2,1H3. The molecule has 15 heavy (non-hydrogen) atoms. The molecular weight excluding hydrogens is 258 g/mol. The van der Waals surface area contributed by atoms with Gasteiger partial charge in [-0.15, -0.1) is 0 Å². The molecule has 1 unspecified atom stereocenters. The average molecular weight is 272 g/mol. The zero-order chi connectivity index (χ0) is 10.8.